The Hall–Kier alpha value is -2.62. The number of hydrogen-bond acceptors (Lipinski definition) is 4. The van der Waals surface area contributed by atoms with Gasteiger partial charge in [-0.15, -0.1) is 0 Å². The van der Waals surface area contributed by atoms with Crippen LogP contribution in [0.15, 0.2) is 48.5 Å². The van der Waals surface area contributed by atoms with Gasteiger partial charge in [0.25, 0.3) is 0 Å². The maximum absolute atomic E-state index is 10.9. The van der Waals surface area contributed by atoms with E-state index in [-0.39, 0.29) is 11.9 Å². The van der Waals surface area contributed by atoms with Gasteiger partial charge in [0.2, 0.25) is 0 Å². The van der Waals surface area contributed by atoms with Gasteiger partial charge in [0.15, 0.2) is 0 Å². The Kier molecular flexibility index (Phi) is 6.83. The largest absolute Gasteiger partial charge is 0.465 e. The van der Waals surface area contributed by atoms with E-state index in [2.05, 4.69) is 9.47 Å². The van der Waals surface area contributed by atoms with Crippen LogP contribution in [-0.4, -0.2) is 26.2 Å². The van der Waals surface area contributed by atoms with Crippen LogP contribution in [0, 0.1) is 13.8 Å². The molecule has 0 fully saturated rings. The Bertz CT molecular complexity index is 590. The number of carbonyl (C=O) groups is 2. The highest BCUT2D eigenvalue weighted by molar-refractivity contribution is 5.89. The van der Waals surface area contributed by atoms with Crippen molar-refractivity contribution in [2.45, 2.75) is 13.8 Å². The molecule has 2 aromatic carbocycles. The lowest BCUT2D eigenvalue weighted by Gasteiger charge is -1.98. The van der Waals surface area contributed by atoms with Gasteiger partial charge < -0.3 is 9.47 Å². The van der Waals surface area contributed by atoms with E-state index in [4.69, 9.17) is 0 Å². The predicted molar refractivity (Wildman–Crippen MR) is 85.0 cm³/mol. The van der Waals surface area contributed by atoms with Crippen LogP contribution in [0.25, 0.3) is 0 Å². The lowest BCUT2D eigenvalue weighted by Crippen LogP contribution is -2.00. The molecule has 0 aliphatic heterocycles. The molecule has 0 unspecified atom stereocenters. The number of hydrogen-bond donors (Lipinski definition) is 0. The van der Waals surface area contributed by atoms with Gasteiger partial charge in [0.1, 0.15) is 0 Å². The minimum atomic E-state index is -0.284. The molecule has 0 atom stereocenters. The van der Waals surface area contributed by atoms with E-state index in [0.717, 1.165) is 11.1 Å². The molecular formula is C18H20O4. The molecular weight excluding hydrogens is 280 g/mol. The first-order valence-corrected chi connectivity index (χ1v) is 6.78. The SMILES string of the molecule is COC(=O)c1cccc(C)c1.COC(=O)c1cccc(C)c1. The van der Waals surface area contributed by atoms with E-state index in [1.807, 2.05) is 38.1 Å². The van der Waals surface area contributed by atoms with Crippen LogP contribution in [0.1, 0.15) is 31.8 Å². The third kappa shape index (κ3) is 5.40. The molecule has 0 heterocycles. The van der Waals surface area contributed by atoms with Gasteiger partial charge in [-0.2, -0.15) is 0 Å². The summed E-state index contributed by atoms with van der Waals surface area (Å²) >= 11 is 0. The quantitative estimate of drug-likeness (QED) is 0.796. The van der Waals surface area contributed by atoms with Crippen molar-refractivity contribution in [3.05, 3.63) is 70.8 Å². The van der Waals surface area contributed by atoms with Crippen molar-refractivity contribution in [1.82, 2.24) is 0 Å². The molecule has 0 aliphatic carbocycles. The zero-order valence-corrected chi connectivity index (χ0v) is 13.3. The molecule has 2 aromatic rings. The van der Waals surface area contributed by atoms with Gasteiger partial charge in [-0.3, -0.25) is 0 Å². The molecule has 0 bridgehead atoms. The Morgan fingerprint density at radius 3 is 1.36 bits per heavy atom. The summed E-state index contributed by atoms with van der Waals surface area (Å²) in [7, 11) is 2.76. The number of rotatable bonds is 2. The number of carbonyl (C=O) groups excluding carboxylic acids is 2. The number of methoxy groups -OCH3 is 2. The summed E-state index contributed by atoms with van der Waals surface area (Å²) in [4.78, 5) is 21.9. The molecule has 0 N–H and O–H groups in total. The van der Waals surface area contributed by atoms with Gasteiger partial charge in [-0.25, -0.2) is 9.59 Å². The Balaban J connectivity index is 0.000000220. The van der Waals surface area contributed by atoms with Crippen molar-refractivity contribution >= 4 is 11.9 Å². The van der Waals surface area contributed by atoms with E-state index in [0.29, 0.717) is 11.1 Å². The van der Waals surface area contributed by atoms with E-state index >= 15 is 0 Å². The van der Waals surface area contributed by atoms with E-state index in [1.165, 1.54) is 14.2 Å². The Morgan fingerprint density at radius 2 is 1.09 bits per heavy atom. The van der Waals surface area contributed by atoms with Gasteiger partial charge in [-0.1, -0.05) is 35.4 Å². The topological polar surface area (TPSA) is 52.6 Å². The Labute approximate surface area is 130 Å². The number of aryl methyl sites for hydroxylation is 2. The molecule has 2 rings (SSSR count). The van der Waals surface area contributed by atoms with Gasteiger partial charge in [-0.05, 0) is 38.1 Å². The molecule has 4 nitrogen and oxygen atoms in total. The van der Waals surface area contributed by atoms with Gasteiger partial charge in [0.05, 0.1) is 25.3 Å². The fraction of sp³-hybridized carbons (Fsp3) is 0.222. The fourth-order valence-electron chi connectivity index (χ4n) is 1.78. The number of benzene rings is 2. The summed E-state index contributed by atoms with van der Waals surface area (Å²) in [6.45, 7) is 3.87. The summed E-state index contributed by atoms with van der Waals surface area (Å²) in [5.41, 5.74) is 3.33. The predicted octanol–water partition coefficient (Wildman–Crippen LogP) is 3.56. The van der Waals surface area contributed by atoms with Crippen LogP contribution in [0.4, 0.5) is 0 Å². The molecule has 0 saturated carbocycles. The average molecular weight is 300 g/mol. The van der Waals surface area contributed by atoms with Crippen LogP contribution in [0.5, 0.6) is 0 Å². The highest BCUT2D eigenvalue weighted by atomic mass is 16.5. The zero-order valence-electron chi connectivity index (χ0n) is 13.3. The highest BCUT2D eigenvalue weighted by Gasteiger charge is 2.03. The fourth-order valence-corrected chi connectivity index (χ4v) is 1.78. The monoisotopic (exact) mass is 300 g/mol. The maximum atomic E-state index is 10.9. The Morgan fingerprint density at radius 1 is 0.727 bits per heavy atom. The normalized spacial score (nSPS) is 9.27. The molecule has 4 heteroatoms. The van der Waals surface area contributed by atoms with Gasteiger partial charge in [0, 0.05) is 0 Å². The minimum absolute atomic E-state index is 0.284. The molecule has 0 radical (unpaired) electrons. The third-order valence-corrected chi connectivity index (χ3v) is 2.88. The van der Waals surface area contributed by atoms with Crippen LogP contribution in [0.2, 0.25) is 0 Å². The molecule has 0 amide bonds. The van der Waals surface area contributed by atoms with E-state index < -0.39 is 0 Å². The summed E-state index contributed by atoms with van der Waals surface area (Å²) < 4.78 is 9.10. The van der Waals surface area contributed by atoms with Crippen molar-refractivity contribution in [1.29, 1.82) is 0 Å². The summed E-state index contributed by atoms with van der Waals surface area (Å²) in [5, 5.41) is 0. The zero-order chi connectivity index (χ0) is 16.5. The summed E-state index contributed by atoms with van der Waals surface area (Å²) in [6.07, 6.45) is 0. The van der Waals surface area contributed by atoms with Crippen molar-refractivity contribution in [2.24, 2.45) is 0 Å². The second kappa shape index (κ2) is 8.62. The number of ether oxygens (including phenoxy) is 2. The standard InChI is InChI=1S/2C9H10O2/c2*1-7-4-3-5-8(6-7)9(10)11-2/h2*3-6H,1-2H3. The average Bonchev–Trinajstić information content (AvgIpc) is 2.54. The first-order chi connectivity index (χ1) is 10.5. The first kappa shape index (κ1) is 17.4. The lowest BCUT2D eigenvalue weighted by atomic mass is 10.1. The van der Waals surface area contributed by atoms with Crippen molar-refractivity contribution in [3.8, 4) is 0 Å². The minimum Gasteiger partial charge on any atom is -0.465 e. The summed E-state index contributed by atoms with van der Waals surface area (Å²) in [6, 6.07) is 14.6. The van der Waals surface area contributed by atoms with Crippen molar-refractivity contribution < 1.29 is 19.1 Å². The number of esters is 2. The lowest BCUT2D eigenvalue weighted by molar-refractivity contribution is 0.0592. The molecule has 0 aromatic heterocycles. The van der Waals surface area contributed by atoms with Crippen LogP contribution >= 0.6 is 0 Å². The van der Waals surface area contributed by atoms with Crippen LogP contribution < -0.4 is 0 Å². The molecule has 0 saturated heterocycles. The van der Waals surface area contributed by atoms with Crippen LogP contribution in [-0.2, 0) is 9.47 Å². The third-order valence-electron chi connectivity index (χ3n) is 2.88. The maximum Gasteiger partial charge on any atom is 0.337 e. The van der Waals surface area contributed by atoms with E-state index in [1.54, 1.807) is 24.3 Å². The van der Waals surface area contributed by atoms with Crippen LogP contribution in [0.3, 0.4) is 0 Å². The van der Waals surface area contributed by atoms with Crippen molar-refractivity contribution in [3.63, 3.8) is 0 Å². The second-order valence-electron chi connectivity index (χ2n) is 4.72. The first-order valence-electron chi connectivity index (χ1n) is 6.78. The molecule has 116 valence electrons. The molecule has 0 aliphatic rings. The van der Waals surface area contributed by atoms with Crippen molar-refractivity contribution in [2.75, 3.05) is 14.2 Å². The highest BCUT2D eigenvalue weighted by Crippen LogP contribution is 2.05. The summed E-state index contributed by atoms with van der Waals surface area (Å²) in [5.74, 6) is -0.567. The smallest absolute Gasteiger partial charge is 0.337 e. The van der Waals surface area contributed by atoms with E-state index in [9.17, 15) is 9.59 Å². The molecule has 0 spiro atoms. The molecule has 22 heavy (non-hydrogen) atoms. The van der Waals surface area contributed by atoms with Gasteiger partial charge >= 0.3 is 11.9 Å². The second-order valence-corrected chi connectivity index (χ2v) is 4.72.